The first-order valence-corrected chi connectivity index (χ1v) is 8.38. The number of likely N-dealkylation sites (N-methyl/N-ethyl adjacent to an activating group) is 1. The van der Waals surface area contributed by atoms with Crippen LogP contribution in [0.5, 0.6) is 0 Å². The third-order valence-corrected chi connectivity index (χ3v) is 4.66. The van der Waals surface area contributed by atoms with Crippen LogP contribution < -0.4 is 5.32 Å². The fraction of sp³-hybridized carbons (Fsp3) is 0.733. The summed E-state index contributed by atoms with van der Waals surface area (Å²) in [6.07, 6.45) is 6.32. The summed E-state index contributed by atoms with van der Waals surface area (Å²) in [5.41, 5.74) is 0. The Morgan fingerprint density at radius 3 is 2.28 bits per heavy atom. The minimum atomic E-state index is 0.601. The van der Waals surface area contributed by atoms with Gasteiger partial charge in [-0.3, -0.25) is 0 Å². The molecule has 0 amide bonds. The minimum absolute atomic E-state index is 0.601. The van der Waals surface area contributed by atoms with Crippen LogP contribution in [0.4, 0.5) is 0 Å². The quantitative estimate of drug-likeness (QED) is 0.663. The van der Waals surface area contributed by atoms with Crippen LogP contribution in [0.15, 0.2) is 12.1 Å². The minimum Gasteiger partial charge on any atom is -0.314 e. The van der Waals surface area contributed by atoms with Crippen molar-refractivity contribution >= 4 is 22.9 Å². The van der Waals surface area contributed by atoms with E-state index in [2.05, 4.69) is 32.2 Å². The van der Waals surface area contributed by atoms with Gasteiger partial charge in [-0.1, -0.05) is 45.2 Å². The van der Waals surface area contributed by atoms with Gasteiger partial charge in [0.1, 0.15) is 0 Å². The zero-order valence-corrected chi connectivity index (χ0v) is 13.4. The SMILES string of the molecule is CCCC(CCC)C(Cc1ccc(Cl)s1)NCC. The second-order valence-electron chi connectivity index (χ2n) is 4.91. The van der Waals surface area contributed by atoms with Gasteiger partial charge in [0.25, 0.3) is 0 Å². The summed E-state index contributed by atoms with van der Waals surface area (Å²) < 4.78 is 0.905. The third-order valence-electron chi connectivity index (χ3n) is 3.40. The predicted molar refractivity (Wildman–Crippen MR) is 83.8 cm³/mol. The number of nitrogens with one attached hydrogen (secondary N) is 1. The maximum absolute atomic E-state index is 6.02. The molecule has 0 radical (unpaired) electrons. The number of thiophene rings is 1. The third kappa shape index (κ3) is 5.29. The van der Waals surface area contributed by atoms with Crippen molar-refractivity contribution < 1.29 is 0 Å². The Kier molecular flexibility index (Phi) is 7.96. The molecule has 0 aromatic carbocycles. The monoisotopic (exact) mass is 287 g/mol. The lowest BCUT2D eigenvalue weighted by Crippen LogP contribution is -2.37. The van der Waals surface area contributed by atoms with E-state index in [4.69, 9.17) is 11.6 Å². The van der Waals surface area contributed by atoms with Crippen LogP contribution in [0.3, 0.4) is 0 Å². The first kappa shape index (κ1) is 16.0. The van der Waals surface area contributed by atoms with Crippen LogP contribution in [0.25, 0.3) is 0 Å². The van der Waals surface area contributed by atoms with Gasteiger partial charge in [-0.15, -0.1) is 11.3 Å². The van der Waals surface area contributed by atoms with Crippen LogP contribution in [-0.4, -0.2) is 12.6 Å². The van der Waals surface area contributed by atoms with Crippen molar-refractivity contribution in [2.75, 3.05) is 6.54 Å². The van der Waals surface area contributed by atoms with Crippen molar-refractivity contribution in [3.05, 3.63) is 21.3 Å². The topological polar surface area (TPSA) is 12.0 Å². The lowest BCUT2D eigenvalue weighted by atomic mass is 9.88. The normalized spacial score (nSPS) is 13.2. The zero-order chi connectivity index (χ0) is 13.4. The zero-order valence-electron chi connectivity index (χ0n) is 11.8. The molecule has 1 nitrogen and oxygen atoms in total. The van der Waals surface area contributed by atoms with E-state index in [9.17, 15) is 0 Å². The van der Waals surface area contributed by atoms with Gasteiger partial charge in [-0.25, -0.2) is 0 Å². The van der Waals surface area contributed by atoms with Crippen LogP contribution in [-0.2, 0) is 6.42 Å². The van der Waals surface area contributed by atoms with E-state index in [1.807, 2.05) is 6.07 Å². The smallest absolute Gasteiger partial charge is 0.0931 e. The van der Waals surface area contributed by atoms with Gasteiger partial charge in [0.05, 0.1) is 4.34 Å². The lowest BCUT2D eigenvalue weighted by molar-refractivity contribution is 0.313. The molecule has 0 aliphatic heterocycles. The molecule has 0 spiro atoms. The molecule has 1 atom stereocenters. The molecule has 1 aromatic heterocycles. The first-order valence-electron chi connectivity index (χ1n) is 7.18. The molecular weight excluding hydrogens is 262 g/mol. The average molecular weight is 288 g/mol. The van der Waals surface area contributed by atoms with Gasteiger partial charge < -0.3 is 5.32 Å². The summed E-state index contributed by atoms with van der Waals surface area (Å²) in [6, 6.07) is 4.79. The van der Waals surface area contributed by atoms with Gasteiger partial charge in [0.2, 0.25) is 0 Å². The Hall–Kier alpha value is -0.0500. The molecule has 1 heterocycles. The van der Waals surface area contributed by atoms with Crippen molar-refractivity contribution in [3.8, 4) is 0 Å². The van der Waals surface area contributed by atoms with Crippen molar-refractivity contribution in [2.24, 2.45) is 5.92 Å². The Bertz CT molecular complexity index is 318. The molecule has 104 valence electrons. The molecule has 3 heteroatoms. The number of hydrogen-bond donors (Lipinski definition) is 1. The average Bonchev–Trinajstić information content (AvgIpc) is 2.74. The Labute approximate surface area is 121 Å². The predicted octanol–water partition coefficient (Wildman–Crippen LogP) is 5.14. The Morgan fingerprint density at radius 2 is 1.83 bits per heavy atom. The van der Waals surface area contributed by atoms with Crippen molar-refractivity contribution in [2.45, 2.75) is 58.9 Å². The number of hydrogen-bond acceptors (Lipinski definition) is 2. The summed E-state index contributed by atoms with van der Waals surface area (Å²) in [5.74, 6) is 0.792. The molecule has 1 unspecified atom stereocenters. The standard InChI is InChI=1S/C15H26ClNS/c1-4-7-12(8-5-2)14(17-6-3)11-13-9-10-15(16)18-13/h9-10,12,14,17H,4-8,11H2,1-3H3. The van der Waals surface area contributed by atoms with E-state index in [0.29, 0.717) is 6.04 Å². The lowest BCUT2D eigenvalue weighted by Gasteiger charge is -2.27. The van der Waals surface area contributed by atoms with Gasteiger partial charge in [0.15, 0.2) is 0 Å². The van der Waals surface area contributed by atoms with Crippen molar-refractivity contribution in [3.63, 3.8) is 0 Å². The second-order valence-corrected chi connectivity index (χ2v) is 6.71. The van der Waals surface area contributed by atoms with Crippen molar-refractivity contribution in [1.82, 2.24) is 5.32 Å². The summed E-state index contributed by atoms with van der Waals surface area (Å²) in [6.45, 7) is 7.82. The summed E-state index contributed by atoms with van der Waals surface area (Å²) in [7, 11) is 0. The van der Waals surface area contributed by atoms with Crippen LogP contribution in [0, 0.1) is 5.92 Å². The maximum Gasteiger partial charge on any atom is 0.0931 e. The van der Waals surface area contributed by atoms with E-state index in [1.165, 1.54) is 30.6 Å². The molecule has 1 N–H and O–H groups in total. The molecule has 0 aliphatic carbocycles. The molecular formula is C15H26ClNS. The molecule has 1 rings (SSSR count). The highest BCUT2D eigenvalue weighted by Crippen LogP contribution is 2.26. The molecule has 0 saturated carbocycles. The van der Waals surface area contributed by atoms with Crippen molar-refractivity contribution in [1.29, 1.82) is 0 Å². The largest absolute Gasteiger partial charge is 0.314 e. The van der Waals surface area contributed by atoms with Crippen LogP contribution in [0.1, 0.15) is 51.3 Å². The van der Waals surface area contributed by atoms with Gasteiger partial charge >= 0.3 is 0 Å². The second kappa shape index (κ2) is 8.95. The molecule has 0 bridgehead atoms. The van der Waals surface area contributed by atoms with E-state index in [1.54, 1.807) is 11.3 Å². The molecule has 0 fully saturated rings. The Morgan fingerprint density at radius 1 is 1.17 bits per heavy atom. The number of halogens is 1. The molecule has 0 aliphatic rings. The van der Waals surface area contributed by atoms with Gasteiger partial charge in [-0.2, -0.15) is 0 Å². The summed E-state index contributed by atoms with van der Waals surface area (Å²) >= 11 is 7.74. The molecule has 18 heavy (non-hydrogen) atoms. The highest BCUT2D eigenvalue weighted by Gasteiger charge is 2.20. The Balaban J connectivity index is 2.66. The van der Waals surface area contributed by atoms with E-state index < -0.39 is 0 Å². The fourth-order valence-corrected chi connectivity index (χ4v) is 3.78. The van der Waals surface area contributed by atoms with Crippen LogP contribution >= 0.6 is 22.9 Å². The highest BCUT2D eigenvalue weighted by atomic mass is 35.5. The molecule has 1 aromatic rings. The van der Waals surface area contributed by atoms with E-state index >= 15 is 0 Å². The maximum atomic E-state index is 6.02. The van der Waals surface area contributed by atoms with E-state index in [0.717, 1.165) is 23.2 Å². The number of rotatable bonds is 9. The fourth-order valence-electron chi connectivity index (χ4n) is 2.63. The summed E-state index contributed by atoms with van der Waals surface area (Å²) in [4.78, 5) is 1.41. The van der Waals surface area contributed by atoms with Crippen LogP contribution in [0.2, 0.25) is 4.34 Å². The molecule has 0 saturated heterocycles. The first-order chi connectivity index (χ1) is 8.71. The summed E-state index contributed by atoms with van der Waals surface area (Å²) in [5, 5.41) is 3.67. The van der Waals surface area contributed by atoms with E-state index in [-0.39, 0.29) is 0 Å². The highest BCUT2D eigenvalue weighted by molar-refractivity contribution is 7.16. The van der Waals surface area contributed by atoms with Gasteiger partial charge in [0, 0.05) is 10.9 Å². The van der Waals surface area contributed by atoms with Gasteiger partial charge in [-0.05, 0) is 43.9 Å².